The van der Waals surface area contributed by atoms with Crippen molar-refractivity contribution in [3.05, 3.63) is 29.8 Å². The molecular formula is C16H25N3OS. The van der Waals surface area contributed by atoms with Gasteiger partial charge in [-0.3, -0.25) is 0 Å². The molecule has 21 heavy (non-hydrogen) atoms. The molecule has 0 aromatic heterocycles. The number of nitrogens with one attached hydrogen (secondary N) is 3. The first kappa shape index (κ1) is 16.2. The summed E-state index contributed by atoms with van der Waals surface area (Å²) in [6.45, 7) is 5.94. The SMILES string of the molecule is CCNC(C)c1ccc(NC(=O)NCC2CCCS2)cc1. The minimum Gasteiger partial charge on any atom is -0.337 e. The summed E-state index contributed by atoms with van der Waals surface area (Å²) in [5, 5.41) is 9.79. The van der Waals surface area contributed by atoms with Crippen LogP contribution in [0.5, 0.6) is 0 Å². The molecule has 5 heteroatoms. The molecule has 2 unspecified atom stereocenters. The third-order valence-electron chi connectivity index (χ3n) is 3.69. The summed E-state index contributed by atoms with van der Waals surface area (Å²) in [4.78, 5) is 11.8. The minimum atomic E-state index is -0.116. The number of thioether (sulfide) groups is 1. The highest BCUT2D eigenvalue weighted by Gasteiger charge is 2.16. The van der Waals surface area contributed by atoms with Gasteiger partial charge in [-0.15, -0.1) is 0 Å². The van der Waals surface area contributed by atoms with Gasteiger partial charge in [0.25, 0.3) is 0 Å². The van der Waals surface area contributed by atoms with Crippen LogP contribution in [0.1, 0.15) is 38.3 Å². The zero-order valence-electron chi connectivity index (χ0n) is 12.8. The number of anilines is 1. The van der Waals surface area contributed by atoms with Gasteiger partial charge in [-0.1, -0.05) is 19.1 Å². The summed E-state index contributed by atoms with van der Waals surface area (Å²) in [6, 6.07) is 8.22. The standard InChI is InChI=1S/C16H25N3OS/c1-3-17-12(2)13-6-8-14(9-7-13)19-16(20)18-11-15-5-4-10-21-15/h6-9,12,15,17H,3-5,10-11H2,1-2H3,(H2,18,19,20). The Morgan fingerprint density at radius 1 is 1.38 bits per heavy atom. The molecule has 1 heterocycles. The molecule has 116 valence electrons. The number of carbonyl (C=O) groups is 1. The Balaban J connectivity index is 1.77. The quantitative estimate of drug-likeness (QED) is 0.755. The van der Waals surface area contributed by atoms with Crippen LogP contribution < -0.4 is 16.0 Å². The summed E-state index contributed by atoms with van der Waals surface area (Å²) < 4.78 is 0. The van der Waals surface area contributed by atoms with Gasteiger partial charge in [0.1, 0.15) is 0 Å². The Morgan fingerprint density at radius 2 is 2.14 bits per heavy atom. The summed E-state index contributed by atoms with van der Waals surface area (Å²) in [6.07, 6.45) is 2.48. The van der Waals surface area contributed by atoms with Crippen molar-refractivity contribution in [1.29, 1.82) is 0 Å². The third kappa shape index (κ3) is 5.25. The van der Waals surface area contributed by atoms with Gasteiger partial charge in [-0.25, -0.2) is 4.79 Å². The minimum absolute atomic E-state index is 0.116. The normalized spacial score (nSPS) is 19.2. The number of carbonyl (C=O) groups excluding carboxylic acids is 1. The van der Waals surface area contributed by atoms with Crippen LogP contribution in [0.4, 0.5) is 10.5 Å². The molecule has 2 amide bonds. The van der Waals surface area contributed by atoms with Gasteiger partial charge in [0.2, 0.25) is 0 Å². The van der Waals surface area contributed by atoms with Crippen LogP contribution in [0.3, 0.4) is 0 Å². The van der Waals surface area contributed by atoms with E-state index in [2.05, 4.69) is 41.9 Å². The molecule has 0 aliphatic carbocycles. The fraction of sp³-hybridized carbons (Fsp3) is 0.562. The van der Waals surface area contributed by atoms with Crippen molar-refractivity contribution in [3.63, 3.8) is 0 Å². The number of amides is 2. The lowest BCUT2D eigenvalue weighted by Gasteiger charge is -2.14. The van der Waals surface area contributed by atoms with E-state index in [0.29, 0.717) is 11.3 Å². The number of benzene rings is 1. The van der Waals surface area contributed by atoms with Crippen molar-refractivity contribution in [2.75, 3.05) is 24.2 Å². The van der Waals surface area contributed by atoms with E-state index < -0.39 is 0 Å². The third-order valence-corrected chi connectivity index (χ3v) is 5.09. The molecular weight excluding hydrogens is 282 g/mol. The molecule has 0 bridgehead atoms. The fourth-order valence-electron chi connectivity index (χ4n) is 2.47. The van der Waals surface area contributed by atoms with Crippen LogP contribution in [0.2, 0.25) is 0 Å². The fourth-order valence-corrected chi connectivity index (χ4v) is 3.67. The highest BCUT2D eigenvalue weighted by atomic mass is 32.2. The van der Waals surface area contributed by atoms with E-state index in [0.717, 1.165) is 18.8 Å². The Hall–Kier alpha value is -1.20. The Morgan fingerprint density at radius 3 is 2.76 bits per heavy atom. The van der Waals surface area contributed by atoms with Crippen molar-refractivity contribution in [2.24, 2.45) is 0 Å². The number of hydrogen-bond acceptors (Lipinski definition) is 3. The van der Waals surface area contributed by atoms with Gasteiger partial charge >= 0.3 is 6.03 Å². The molecule has 1 aromatic carbocycles. The molecule has 0 spiro atoms. The predicted octanol–water partition coefficient (Wildman–Crippen LogP) is 3.37. The Bertz CT molecular complexity index is 443. The van der Waals surface area contributed by atoms with E-state index in [1.165, 1.54) is 24.2 Å². The second-order valence-corrected chi connectivity index (χ2v) is 6.78. The van der Waals surface area contributed by atoms with Crippen molar-refractivity contribution < 1.29 is 4.79 Å². The largest absolute Gasteiger partial charge is 0.337 e. The molecule has 1 saturated heterocycles. The van der Waals surface area contributed by atoms with Crippen LogP contribution in [-0.4, -0.2) is 30.1 Å². The number of hydrogen-bond donors (Lipinski definition) is 3. The van der Waals surface area contributed by atoms with Gasteiger partial charge in [0.05, 0.1) is 0 Å². The Labute approximate surface area is 131 Å². The van der Waals surface area contributed by atoms with Crippen LogP contribution in [0.15, 0.2) is 24.3 Å². The second kappa shape index (κ2) is 8.29. The van der Waals surface area contributed by atoms with E-state index in [-0.39, 0.29) is 6.03 Å². The van der Waals surface area contributed by atoms with E-state index in [1.807, 2.05) is 23.9 Å². The maximum Gasteiger partial charge on any atom is 0.319 e. The molecule has 1 fully saturated rings. The Kier molecular flexibility index (Phi) is 6.39. The number of rotatable bonds is 6. The molecule has 0 radical (unpaired) electrons. The van der Waals surface area contributed by atoms with E-state index in [9.17, 15) is 4.79 Å². The molecule has 2 rings (SSSR count). The van der Waals surface area contributed by atoms with Crippen molar-refractivity contribution >= 4 is 23.5 Å². The van der Waals surface area contributed by atoms with E-state index >= 15 is 0 Å². The highest BCUT2D eigenvalue weighted by Crippen LogP contribution is 2.25. The van der Waals surface area contributed by atoms with Gasteiger partial charge < -0.3 is 16.0 Å². The van der Waals surface area contributed by atoms with Crippen molar-refractivity contribution in [3.8, 4) is 0 Å². The van der Waals surface area contributed by atoms with Crippen molar-refractivity contribution in [2.45, 2.75) is 38.0 Å². The lowest BCUT2D eigenvalue weighted by molar-refractivity contribution is 0.252. The maximum atomic E-state index is 11.8. The molecule has 1 aliphatic heterocycles. The van der Waals surface area contributed by atoms with Crippen LogP contribution >= 0.6 is 11.8 Å². The highest BCUT2D eigenvalue weighted by molar-refractivity contribution is 8.00. The first-order valence-electron chi connectivity index (χ1n) is 7.69. The molecule has 3 N–H and O–H groups in total. The maximum absolute atomic E-state index is 11.8. The zero-order chi connectivity index (χ0) is 15.1. The summed E-state index contributed by atoms with van der Waals surface area (Å²) in [5.41, 5.74) is 2.06. The van der Waals surface area contributed by atoms with Crippen LogP contribution in [-0.2, 0) is 0 Å². The zero-order valence-corrected chi connectivity index (χ0v) is 13.6. The van der Waals surface area contributed by atoms with Gasteiger partial charge in [0, 0.05) is 23.5 Å². The summed E-state index contributed by atoms with van der Waals surface area (Å²) >= 11 is 1.95. The molecule has 4 nitrogen and oxygen atoms in total. The summed E-state index contributed by atoms with van der Waals surface area (Å²) in [5.74, 6) is 1.22. The van der Waals surface area contributed by atoms with Crippen LogP contribution in [0, 0.1) is 0 Å². The van der Waals surface area contributed by atoms with Gasteiger partial charge in [-0.2, -0.15) is 11.8 Å². The monoisotopic (exact) mass is 307 g/mol. The smallest absolute Gasteiger partial charge is 0.319 e. The average Bonchev–Trinajstić information content (AvgIpc) is 2.99. The molecule has 1 aromatic rings. The van der Waals surface area contributed by atoms with Crippen molar-refractivity contribution in [1.82, 2.24) is 10.6 Å². The first-order chi connectivity index (χ1) is 10.2. The summed E-state index contributed by atoms with van der Waals surface area (Å²) in [7, 11) is 0. The lowest BCUT2D eigenvalue weighted by atomic mass is 10.1. The molecule has 0 saturated carbocycles. The van der Waals surface area contributed by atoms with Gasteiger partial charge in [-0.05, 0) is 49.8 Å². The van der Waals surface area contributed by atoms with E-state index in [1.54, 1.807) is 0 Å². The molecule has 1 aliphatic rings. The van der Waals surface area contributed by atoms with Crippen LogP contribution in [0.25, 0.3) is 0 Å². The second-order valence-electron chi connectivity index (χ2n) is 5.37. The van der Waals surface area contributed by atoms with Gasteiger partial charge in [0.15, 0.2) is 0 Å². The number of urea groups is 1. The molecule has 2 atom stereocenters. The topological polar surface area (TPSA) is 53.2 Å². The first-order valence-corrected chi connectivity index (χ1v) is 8.73. The average molecular weight is 307 g/mol. The lowest BCUT2D eigenvalue weighted by Crippen LogP contribution is -2.33. The predicted molar refractivity (Wildman–Crippen MR) is 91.0 cm³/mol. The van der Waals surface area contributed by atoms with E-state index in [4.69, 9.17) is 0 Å².